The van der Waals surface area contributed by atoms with Gasteiger partial charge in [0.2, 0.25) is 0 Å². The van der Waals surface area contributed by atoms with Crippen LogP contribution in [0.5, 0.6) is 11.5 Å². The van der Waals surface area contributed by atoms with Gasteiger partial charge in [0, 0.05) is 12.3 Å². The van der Waals surface area contributed by atoms with Gasteiger partial charge in [-0.1, -0.05) is 61.5 Å². The van der Waals surface area contributed by atoms with E-state index in [0.717, 1.165) is 28.7 Å². The number of carbonyl (C=O) groups is 2. The zero-order chi connectivity index (χ0) is 24.8. The molecule has 0 radical (unpaired) electrons. The van der Waals surface area contributed by atoms with Crippen LogP contribution in [-0.2, 0) is 16.0 Å². The maximum Gasteiger partial charge on any atom is 0.407 e. The third-order valence-electron chi connectivity index (χ3n) is 6.06. The lowest BCUT2D eigenvalue weighted by atomic mass is 9.98. The van der Waals surface area contributed by atoms with Gasteiger partial charge >= 0.3 is 12.1 Å². The normalized spacial score (nSPS) is 12.9. The first-order chi connectivity index (χ1) is 17.0. The van der Waals surface area contributed by atoms with Gasteiger partial charge in [-0.15, -0.1) is 0 Å². The van der Waals surface area contributed by atoms with Crippen molar-refractivity contribution >= 4 is 12.1 Å². The summed E-state index contributed by atoms with van der Waals surface area (Å²) in [6, 6.07) is 20.2. The Labute approximate surface area is 204 Å². The number of hydrogen-bond donors (Lipinski definition) is 2. The number of nitrogens with one attached hydrogen (secondary N) is 1. The van der Waals surface area contributed by atoms with E-state index in [1.807, 2.05) is 43.3 Å². The van der Waals surface area contributed by atoms with E-state index in [2.05, 4.69) is 17.4 Å². The van der Waals surface area contributed by atoms with Crippen molar-refractivity contribution in [1.82, 2.24) is 5.32 Å². The topological polar surface area (TPSA) is 94.1 Å². The lowest BCUT2D eigenvalue weighted by molar-refractivity contribution is -0.139. The summed E-state index contributed by atoms with van der Waals surface area (Å²) in [6.45, 7) is 2.67. The molecule has 0 fully saturated rings. The van der Waals surface area contributed by atoms with E-state index in [4.69, 9.17) is 14.2 Å². The monoisotopic (exact) mass is 475 g/mol. The molecule has 0 saturated carbocycles. The number of amides is 1. The zero-order valence-corrected chi connectivity index (χ0v) is 19.8. The van der Waals surface area contributed by atoms with Gasteiger partial charge in [0.25, 0.3) is 0 Å². The molecule has 182 valence electrons. The van der Waals surface area contributed by atoms with Crippen molar-refractivity contribution in [2.75, 3.05) is 20.3 Å². The Bertz CT molecular complexity index is 1160. The highest BCUT2D eigenvalue weighted by Crippen LogP contribution is 2.44. The first kappa shape index (κ1) is 24.1. The van der Waals surface area contributed by atoms with Gasteiger partial charge in [-0.3, -0.25) is 0 Å². The molecule has 2 N–H and O–H groups in total. The average Bonchev–Trinajstić information content (AvgIpc) is 3.19. The molecule has 3 aromatic carbocycles. The molecule has 7 nitrogen and oxygen atoms in total. The first-order valence-electron chi connectivity index (χ1n) is 11.7. The van der Waals surface area contributed by atoms with Crippen LogP contribution in [0.1, 0.15) is 36.0 Å². The van der Waals surface area contributed by atoms with E-state index in [-0.39, 0.29) is 18.9 Å². The lowest BCUT2D eigenvalue weighted by Gasteiger charge is -2.18. The van der Waals surface area contributed by atoms with Crippen LogP contribution in [0.2, 0.25) is 0 Å². The fourth-order valence-electron chi connectivity index (χ4n) is 4.39. The number of carboxylic acids is 1. The molecule has 4 rings (SSSR count). The second-order valence-corrected chi connectivity index (χ2v) is 8.40. The Kier molecular flexibility index (Phi) is 7.55. The van der Waals surface area contributed by atoms with Crippen LogP contribution in [0.25, 0.3) is 11.1 Å². The minimum Gasteiger partial charge on any atom is -0.493 e. The molecular formula is C28H29NO6. The minimum absolute atomic E-state index is 0.0734. The number of methoxy groups -OCH3 is 1. The fraction of sp³-hybridized carbons (Fsp3) is 0.286. The third-order valence-corrected chi connectivity index (χ3v) is 6.06. The summed E-state index contributed by atoms with van der Waals surface area (Å²) in [5.41, 5.74) is 5.13. The van der Waals surface area contributed by atoms with Crippen molar-refractivity contribution in [3.8, 4) is 22.6 Å². The molecule has 35 heavy (non-hydrogen) atoms. The predicted molar refractivity (Wildman–Crippen MR) is 132 cm³/mol. The van der Waals surface area contributed by atoms with E-state index in [1.54, 1.807) is 18.2 Å². The molecule has 0 bridgehead atoms. The standard InChI is InChI=1S/C28H29NO6/c1-3-14-34-25-13-12-18(16-26(25)33-2)15-24(27(30)31)29-28(32)35-17-23-21-10-6-4-8-19(21)20-9-5-7-11-22(20)23/h4-13,16,23-24H,3,14-15,17H2,1-2H3,(H,29,32)(H,30,31). The van der Waals surface area contributed by atoms with Gasteiger partial charge in [0.15, 0.2) is 11.5 Å². The number of fused-ring (bicyclic) bond motifs is 3. The second-order valence-electron chi connectivity index (χ2n) is 8.40. The summed E-state index contributed by atoms with van der Waals surface area (Å²) < 4.78 is 16.5. The van der Waals surface area contributed by atoms with E-state index >= 15 is 0 Å². The summed E-state index contributed by atoms with van der Waals surface area (Å²) in [6.07, 6.45) is 0.161. The Hall–Kier alpha value is -4.00. The highest BCUT2D eigenvalue weighted by molar-refractivity contribution is 5.81. The van der Waals surface area contributed by atoms with E-state index in [0.29, 0.717) is 23.7 Å². The molecule has 0 heterocycles. The van der Waals surface area contributed by atoms with Gasteiger partial charge in [-0.25, -0.2) is 9.59 Å². The van der Waals surface area contributed by atoms with Crippen LogP contribution in [0, 0.1) is 0 Å². The van der Waals surface area contributed by atoms with Crippen molar-refractivity contribution in [3.63, 3.8) is 0 Å². The van der Waals surface area contributed by atoms with Gasteiger partial charge in [-0.2, -0.15) is 0 Å². The quantitative estimate of drug-likeness (QED) is 0.428. The predicted octanol–water partition coefficient (Wildman–Crippen LogP) is 5.02. The number of carboxylic acid groups (broad SMARTS) is 1. The number of aliphatic carboxylic acids is 1. The van der Waals surface area contributed by atoms with E-state index in [9.17, 15) is 14.7 Å². The number of benzene rings is 3. The number of ether oxygens (including phenoxy) is 3. The maximum atomic E-state index is 12.6. The average molecular weight is 476 g/mol. The van der Waals surface area contributed by atoms with E-state index < -0.39 is 18.1 Å². The van der Waals surface area contributed by atoms with Gasteiger partial charge in [-0.05, 0) is 46.4 Å². The Morgan fingerprint density at radius 3 is 2.23 bits per heavy atom. The molecule has 0 saturated heterocycles. The fourth-order valence-corrected chi connectivity index (χ4v) is 4.39. The van der Waals surface area contributed by atoms with Gasteiger partial charge < -0.3 is 24.6 Å². The Morgan fingerprint density at radius 2 is 1.63 bits per heavy atom. The summed E-state index contributed by atoms with van der Waals surface area (Å²) >= 11 is 0. The first-order valence-corrected chi connectivity index (χ1v) is 11.7. The molecule has 0 aromatic heterocycles. The minimum atomic E-state index is -1.15. The molecule has 3 aromatic rings. The number of alkyl carbamates (subject to hydrolysis) is 1. The van der Waals surface area contributed by atoms with Crippen molar-refractivity contribution < 1.29 is 28.9 Å². The van der Waals surface area contributed by atoms with Crippen LogP contribution >= 0.6 is 0 Å². The molecular weight excluding hydrogens is 446 g/mol. The molecule has 1 unspecified atom stereocenters. The molecule has 1 aliphatic rings. The SMILES string of the molecule is CCCOc1ccc(CC(NC(=O)OCC2c3ccccc3-c3ccccc32)C(=O)O)cc1OC. The molecule has 7 heteroatoms. The van der Waals surface area contributed by atoms with Crippen molar-refractivity contribution in [3.05, 3.63) is 83.4 Å². The zero-order valence-electron chi connectivity index (χ0n) is 19.8. The van der Waals surface area contributed by atoms with Crippen molar-refractivity contribution in [2.24, 2.45) is 0 Å². The number of carbonyl (C=O) groups excluding carboxylic acids is 1. The van der Waals surface area contributed by atoms with Crippen LogP contribution in [0.3, 0.4) is 0 Å². The van der Waals surface area contributed by atoms with Gasteiger partial charge in [0.1, 0.15) is 12.6 Å². The van der Waals surface area contributed by atoms with Crippen LogP contribution in [-0.4, -0.2) is 43.5 Å². The Balaban J connectivity index is 1.41. The van der Waals surface area contributed by atoms with Gasteiger partial charge in [0.05, 0.1) is 13.7 Å². The smallest absolute Gasteiger partial charge is 0.407 e. The highest BCUT2D eigenvalue weighted by atomic mass is 16.5. The third kappa shape index (κ3) is 5.40. The van der Waals surface area contributed by atoms with Crippen LogP contribution in [0.15, 0.2) is 66.7 Å². The number of rotatable bonds is 10. The molecule has 0 spiro atoms. The maximum absolute atomic E-state index is 12.6. The summed E-state index contributed by atoms with van der Waals surface area (Å²) in [5, 5.41) is 12.2. The highest BCUT2D eigenvalue weighted by Gasteiger charge is 2.30. The molecule has 0 aliphatic heterocycles. The Morgan fingerprint density at radius 1 is 0.971 bits per heavy atom. The molecule has 1 atom stereocenters. The van der Waals surface area contributed by atoms with Crippen molar-refractivity contribution in [2.45, 2.75) is 31.7 Å². The molecule has 1 aliphatic carbocycles. The summed E-state index contributed by atoms with van der Waals surface area (Å²) in [4.78, 5) is 24.4. The largest absolute Gasteiger partial charge is 0.493 e. The summed E-state index contributed by atoms with van der Waals surface area (Å²) in [7, 11) is 1.53. The summed E-state index contributed by atoms with van der Waals surface area (Å²) in [5.74, 6) is -0.143. The molecule has 1 amide bonds. The van der Waals surface area contributed by atoms with E-state index in [1.165, 1.54) is 7.11 Å². The van der Waals surface area contributed by atoms with Crippen LogP contribution < -0.4 is 14.8 Å². The second kappa shape index (κ2) is 11.0. The number of hydrogen-bond acceptors (Lipinski definition) is 5. The lowest BCUT2D eigenvalue weighted by Crippen LogP contribution is -2.42. The van der Waals surface area contributed by atoms with Crippen LogP contribution in [0.4, 0.5) is 4.79 Å². The van der Waals surface area contributed by atoms with Crippen molar-refractivity contribution in [1.29, 1.82) is 0 Å².